The second-order valence-electron chi connectivity index (χ2n) is 6.32. The molecule has 0 spiro atoms. The van der Waals surface area contributed by atoms with Crippen LogP contribution < -0.4 is 0 Å². The van der Waals surface area contributed by atoms with Gasteiger partial charge in [-0.15, -0.1) is 11.8 Å². The van der Waals surface area contributed by atoms with Crippen LogP contribution in [-0.2, 0) is 23.7 Å². The van der Waals surface area contributed by atoms with Gasteiger partial charge >= 0.3 is 5.97 Å². The summed E-state index contributed by atoms with van der Waals surface area (Å²) in [5, 5.41) is 0.712. The van der Waals surface area contributed by atoms with E-state index in [1.54, 1.807) is 11.8 Å². The van der Waals surface area contributed by atoms with Gasteiger partial charge < -0.3 is 18.9 Å². The van der Waals surface area contributed by atoms with E-state index in [2.05, 4.69) is 0 Å². The second-order valence-corrected chi connectivity index (χ2v) is 7.85. The fraction of sp³-hybridized carbons (Fsp3) is 0.588. The Kier molecular flexibility index (Phi) is 5.42. The maximum Gasteiger partial charge on any atom is 0.308 e. The first-order valence-corrected chi connectivity index (χ1v) is 9.20. The van der Waals surface area contributed by atoms with Crippen molar-refractivity contribution in [2.24, 2.45) is 0 Å². The van der Waals surface area contributed by atoms with E-state index in [0.29, 0.717) is 10.8 Å². The summed E-state index contributed by atoms with van der Waals surface area (Å²) in [6.07, 6.45) is -0.768. The van der Waals surface area contributed by atoms with Crippen molar-refractivity contribution in [3.63, 3.8) is 0 Å². The first-order chi connectivity index (χ1) is 11.4. The van der Waals surface area contributed by atoms with E-state index in [-0.39, 0.29) is 36.8 Å². The molecule has 5 nitrogen and oxygen atoms in total. The highest BCUT2D eigenvalue weighted by atomic mass is 35.5. The molecule has 4 atom stereocenters. The Morgan fingerprint density at radius 2 is 1.83 bits per heavy atom. The molecule has 24 heavy (non-hydrogen) atoms. The Labute approximate surface area is 150 Å². The molecule has 0 bridgehead atoms. The minimum atomic E-state index is -0.670. The molecule has 0 saturated carbocycles. The lowest BCUT2D eigenvalue weighted by atomic mass is 10.1. The number of carbonyl (C=O) groups is 1. The lowest BCUT2D eigenvalue weighted by Crippen LogP contribution is -2.31. The standard InChI is InChI=1S/C17H21ClO5S/c1-17(2)22-15-12(8-14(19)20-3)21-13(16(15)23-17)9-24-11-6-4-10(18)5-7-11/h4-7,12-13,15-16H,8-9H2,1-3H3/t12-,13+,15-,16+/m0/s1. The second kappa shape index (κ2) is 7.22. The number of ether oxygens (including phenoxy) is 4. The van der Waals surface area contributed by atoms with Crippen molar-refractivity contribution in [1.29, 1.82) is 0 Å². The van der Waals surface area contributed by atoms with Crippen LogP contribution in [0.1, 0.15) is 20.3 Å². The third-order valence-corrected chi connectivity index (χ3v) is 5.42. The lowest BCUT2D eigenvalue weighted by Gasteiger charge is -2.23. The molecule has 2 aliphatic rings. The van der Waals surface area contributed by atoms with Gasteiger partial charge in [0.1, 0.15) is 12.2 Å². The minimum Gasteiger partial charge on any atom is -0.469 e. The first kappa shape index (κ1) is 18.0. The van der Waals surface area contributed by atoms with Gasteiger partial charge in [-0.1, -0.05) is 11.6 Å². The van der Waals surface area contributed by atoms with E-state index >= 15 is 0 Å². The molecule has 0 N–H and O–H groups in total. The zero-order chi connectivity index (χ0) is 17.3. The van der Waals surface area contributed by atoms with E-state index < -0.39 is 5.79 Å². The lowest BCUT2D eigenvalue weighted by molar-refractivity contribution is -0.187. The van der Waals surface area contributed by atoms with Crippen LogP contribution >= 0.6 is 23.4 Å². The molecule has 7 heteroatoms. The summed E-state index contributed by atoms with van der Waals surface area (Å²) in [7, 11) is 1.37. The predicted molar refractivity (Wildman–Crippen MR) is 91.3 cm³/mol. The molecule has 2 saturated heterocycles. The van der Waals surface area contributed by atoms with Crippen LogP contribution in [0.3, 0.4) is 0 Å². The van der Waals surface area contributed by atoms with Crippen molar-refractivity contribution < 1.29 is 23.7 Å². The van der Waals surface area contributed by atoms with Gasteiger partial charge in [-0.25, -0.2) is 0 Å². The van der Waals surface area contributed by atoms with Gasteiger partial charge in [-0.3, -0.25) is 4.79 Å². The van der Waals surface area contributed by atoms with Crippen molar-refractivity contribution in [2.45, 2.75) is 55.4 Å². The van der Waals surface area contributed by atoms with Crippen molar-refractivity contribution in [1.82, 2.24) is 0 Å². The van der Waals surface area contributed by atoms with Crippen LogP contribution in [-0.4, -0.2) is 49.0 Å². The Balaban J connectivity index is 1.66. The zero-order valence-electron chi connectivity index (χ0n) is 13.9. The maximum atomic E-state index is 11.6. The molecule has 0 aliphatic carbocycles. The Hall–Kier alpha value is -0.790. The predicted octanol–water partition coefficient (Wildman–Crippen LogP) is 3.28. The Morgan fingerprint density at radius 1 is 1.21 bits per heavy atom. The molecule has 2 aliphatic heterocycles. The van der Waals surface area contributed by atoms with E-state index in [9.17, 15) is 4.79 Å². The normalized spacial score (nSPS) is 31.0. The fourth-order valence-corrected chi connectivity index (χ4v) is 4.11. The summed E-state index contributed by atoms with van der Waals surface area (Å²) in [6, 6.07) is 7.67. The fourth-order valence-electron chi connectivity index (χ4n) is 3.03. The van der Waals surface area contributed by atoms with E-state index in [1.807, 2.05) is 38.1 Å². The van der Waals surface area contributed by atoms with Crippen LogP contribution in [0.25, 0.3) is 0 Å². The molecule has 1 aromatic carbocycles. The summed E-state index contributed by atoms with van der Waals surface area (Å²) in [5.41, 5.74) is 0. The van der Waals surface area contributed by atoms with Gasteiger partial charge in [0.15, 0.2) is 5.79 Å². The number of thioether (sulfide) groups is 1. The van der Waals surface area contributed by atoms with E-state index in [0.717, 1.165) is 4.90 Å². The third-order valence-electron chi connectivity index (χ3n) is 4.07. The number of methoxy groups -OCH3 is 1. The summed E-state index contributed by atoms with van der Waals surface area (Å²) in [5.74, 6) is -0.269. The summed E-state index contributed by atoms with van der Waals surface area (Å²) in [6.45, 7) is 3.76. The van der Waals surface area contributed by atoms with E-state index in [1.165, 1.54) is 7.11 Å². The average molecular weight is 373 g/mol. The number of carbonyl (C=O) groups excluding carboxylic acids is 1. The highest BCUT2D eigenvalue weighted by Gasteiger charge is 2.55. The number of esters is 1. The quantitative estimate of drug-likeness (QED) is 0.584. The zero-order valence-corrected chi connectivity index (χ0v) is 15.4. The molecule has 0 radical (unpaired) electrons. The molecule has 3 rings (SSSR count). The average Bonchev–Trinajstić information content (AvgIpc) is 3.01. The first-order valence-electron chi connectivity index (χ1n) is 7.84. The van der Waals surface area contributed by atoms with Gasteiger partial charge in [0.2, 0.25) is 0 Å². The monoisotopic (exact) mass is 372 g/mol. The van der Waals surface area contributed by atoms with Crippen LogP contribution in [0.2, 0.25) is 5.02 Å². The molecular formula is C17H21ClO5S. The smallest absolute Gasteiger partial charge is 0.308 e. The van der Waals surface area contributed by atoms with Crippen molar-refractivity contribution in [2.75, 3.05) is 12.9 Å². The van der Waals surface area contributed by atoms with Crippen LogP contribution in [0.4, 0.5) is 0 Å². The summed E-state index contributed by atoms with van der Waals surface area (Å²) in [4.78, 5) is 12.7. The molecule has 0 unspecified atom stereocenters. The SMILES string of the molecule is COC(=O)C[C@@H]1O[C@H](CSc2ccc(Cl)cc2)[C@H]2OC(C)(C)O[C@H]21. The van der Waals surface area contributed by atoms with Gasteiger partial charge in [-0.2, -0.15) is 0 Å². The van der Waals surface area contributed by atoms with Crippen molar-refractivity contribution in [3.05, 3.63) is 29.3 Å². The van der Waals surface area contributed by atoms with Crippen molar-refractivity contribution in [3.8, 4) is 0 Å². The topological polar surface area (TPSA) is 54.0 Å². The summed E-state index contributed by atoms with van der Waals surface area (Å²) >= 11 is 7.58. The molecule has 1 aromatic rings. The van der Waals surface area contributed by atoms with Gasteiger partial charge in [0, 0.05) is 15.7 Å². The number of benzene rings is 1. The largest absolute Gasteiger partial charge is 0.469 e. The van der Waals surface area contributed by atoms with Crippen LogP contribution in [0.5, 0.6) is 0 Å². The van der Waals surface area contributed by atoms with Gasteiger partial charge in [0.25, 0.3) is 0 Å². The number of hydrogen-bond donors (Lipinski definition) is 0. The molecular weight excluding hydrogens is 352 g/mol. The number of rotatable bonds is 5. The highest BCUT2D eigenvalue weighted by Crippen LogP contribution is 2.41. The number of hydrogen-bond acceptors (Lipinski definition) is 6. The molecule has 0 aromatic heterocycles. The minimum absolute atomic E-state index is 0.146. The van der Waals surface area contributed by atoms with Crippen LogP contribution in [0.15, 0.2) is 29.2 Å². The Morgan fingerprint density at radius 3 is 2.46 bits per heavy atom. The number of fused-ring (bicyclic) bond motifs is 1. The molecule has 132 valence electrons. The highest BCUT2D eigenvalue weighted by molar-refractivity contribution is 7.99. The molecule has 0 amide bonds. The van der Waals surface area contributed by atoms with Gasteiger partial charge in [-0.05, 0) is 38.1 Å². The van der Waals surface area contributed by atoms with Gasteiger partial charge in [0.05, 0.1) is 25.7 Å². The number of halogens is 1. The third kappa shape index (κ3) is 4.06. The molecule has 2 fully saturated rings. The summed E-state index contributed by atoms with van der Waals surface area (Å²) < 4.78 is 22.7. The maximum absolute atomic E-state index is 11.6. The molecule has 2 heterocycles. The Bertz CT molecular complexity index is 591. The van der Waals surface area contributed by atoms with Crippen LogP contribution in [0, 0.1) is 0 Å². The van der Waals surface area contributed by atoms with E-state index in [4.69, 9.17) is 30.5 Å². The van der Waals surface area contributed by atoms with Crippen molar-refractivity contribution >= 4 is 29.3 Å².